The smallest absolute Gasteiger partial charge is 0.123 e. The van der Waals surface area contributed by atoms with Crippen LogP contribution in [0.1, 0.15) is 12.5 Å². The fourth-order valence-corrected chi connectivity index (χ4v) is 2.11. The number of benzene rings is 1. The quantitative estimate of drug-likeness (QED) is 0.762. The molecule has 2 aromatic rings. The molecule has 2 rings (SSSR count). The van der Waals surface area contributed by atoms with Gasteiger partial charge in [-0.05, 0) is 37.9 Å². The van der Waals surface area contributed by atoms with Gasteiger partial charge in [-0.25, -0.2) is 4.39 Å². The van der Waals surface area contributed by atoms with Crippen LogP contribution in [-0.4, -0.2) is 41.8 Å². The van der Waals surface area contributed by atoms with Gasteiger partial charge in [-0.2, -0.15) is 5.10 Å². The van der Waals surface area contributed by atoms with Crippen LogP contribution in [0.2, 0.25) is 0 Å². The van der Waals surface area contributed by atoms with Crippen molar-refractivity contribution in [3.8, 4) is 11.3 Å². The van der Waals surface area contributed by atoms with E-state index in [9.17, 15) is 4.39 Å². The Hall–Kier alpha value is -1.72. The highest BCUT2D eigenvalue weighted by Gasteiger charge is 2.10. The molecule has 0 saturated heterocycles. The molecule has 0 saturated carbocycles. The van der Waals surface area contributed by atoms with Crippen LogP contribution in [0.5, 0.6) is 0 Å². The van der Waals surface area contributed by atoms with Crippen molar-refractivity contribution in [2.45, 2.75) is 13.5 Å². The molecule has 0 radical (unpaired) electrons. The van der Waals surface area contributed by atoms with Crippen molar-refractivity contribution in [1.29, 1.82) is 0 Å². The van der Waals surface area contributed by atoms with E-state index in [-0.39, 0.29) is 5.82 Å². The van der Waals surface area contributed by atoms with E-state index >= 15 is 0 Å². The first kappa shape index (κ1) is 14.7. The van der Waals surface area contributed by atoms with Crippen LogP contribution in [0.4, 0.5) is 4.39 Å². The fourth-order valence-electron chi connectivity index (χ4n) is 2.11. The molecular weight excluding hydrogens is 255 g/mol. The predicted molar refractivity (Wildman–Crippen MR) is 78.9 cm³/mol. The summed E-state index contributed by atoms with van der Waals surface area (Å²) in [6.45, 7) is 5.84. The lowest BCUT2D eigenvalue weighted by atomic mass is 10.1. The van der Waals surface area contributed by atoms with Gasteiger partial charge in [-0.15, -0.1) is 0 Å². The van der Waals surface area contributed by atoms with Gasteiger partial charge < -0.3 is 10.2 Å². The maximum atomic E-state index is 13.0. The van der Waals surface area contributed by atoms with E-state index in [2.05, 4.69) is 34.4 Å². The third kappa shape index (κ3) is 3.88. The molecule has 0 unspecified atom stereocenters. The lowest BCUT2D eigenvalue weighted by molar-refractivity contribution is 0.326. The minimum atomic E-state index is -0.228. The second-order valence-corrected chi connectivity index (χ2v) is 4.86. The number of hydrogen-bond acceptors (Lipinski definition) is 3. The highest BCUT2D eigenvalue weighted by molar-refractivity contribution is 5.62. The molecule has 0 aliphatic carbocycles. The van der Waals surface area contributed by atoms with Crippen LogP contribution in [0.15, 0.2) is 30.5 Å². The van der Waals surface area contributed by atoms with Gasteiger partial charge in [0.05, 0.1) is 5.69 Å². The van der Waals surface area contributed by atoms with Gasteiger partial charge >= 0.3 is 0 Å². The summed E-state index contributed by atoms with van der Waals surface area (Å²) in [6.07, 6.45) is 1.91. The van der Waals surface area contributed by atoms with Crippen molar-refractivity contribution >= 4 is 0 Å². The summed E-state index contributed by atoms with van der Waals surface area (Å²) < 4.78 is 13.0. The Balaban J connectivity index is 2.03. The Morgan fingerprint density at radius 1 is 1.30 bits per heavy atom. The van der Waals surface area contributed by atoms with E-state index in [0.29, 0.717) is 0 Å². The molecule has 2 N–H and O–H groups in total. The van der Waals surface area contributed by atoms with Crippen LogP contribution >= 0.6 is 0 Å². The largest absolute Gasteiger partial charge is 0.316 e. The number of hydrogen-bond donors (Lipinski definition) is 2. The number of nitrogens with zero attached hydrogens (tertiary/aromatic N) is 2. The monoisotopic (exact) mass is 276 g/mol. The second kappa shape index (κ2) is 7.17. The van der Waals surface area contributed by atoms with Crippen LogP contribution in [0.25, 0.3) is 11.3 Å². The number of likely N-dealkylation sites (N-methyl/N-ethyl adjacent to an activating group) is 2. The van der Waals surface area contributed by atoms with Crippen molar-refractivity contribution in [3.05, 3.63) is 41.8 Å². The lowest BCUT2D eigenvalue weighted by Crippen LogP contribution is -2.28. The zero-order valence-electron chi connectivity index (χ0n) is 12.0. The molecule has 0 aliphatic heterocycles. The molecule has 108 valence electrons. The number of nitrogens with one attached hydrogen (secondary N) is 2. The van der Waals surface area contributed by atoms with Crippen molar-refractivity contribution < 1.29 is 4.39 Å². The van der Waals surface area contributed by atoms with E-state index in [1.807, 2.05) is 6.20 Å². The molecule has 1 heterocycles. The Labute approximate surface area is 119 Å². The first-order valence-corrected chi connectivity index (χ1v) is 6.88. The molecule has 5 heteroatoms. The molecule has 0 fully saturated rings. The van der Waals surface area contributed by atoms with Gasteiger partial charge in [0.1, 0.15) is 5.82 Å². The van der Waals surface area contributed by atoms with Gasteiger partial charge in [-0.1, -0.05) is 6.92 Å². The second-order valence-electron chi connectivity index (χ2n) is 4.86. The van der Waals surface area contributed by atoms with Gasteiger partial charge in [0.25, 0.3) is 0 Å². The Morgan fingerprint density at radius 2 is 2.05 bits per heavy atom. The Kier molecular flexibility index (Phi) is 5.26. The Morgan fingerprint density at radius 3 is 2.75 bits per heavy atom. The van der Waals surface area contributed by atoms with Crippen LogP contribution in [0, 0.1) is 5.82 Å². The van der Waals surface area contributed by atoms with E-state index in [1.165, 1.54) is 12.1 Å². The first-order chi connectivity index (χ1) is 9.70. The SMILES string of the molecule is CCNCCN(C)Cc1c[nH]nc1-c1ccc(F)cc1. The fraction of sp³-hybridized carbons (Fsp3) is 0.400. The third-order valence-corrected chi connectivity index (χ3v) is 3.20. The zero-order chi connectivity index (χ0) is 14.4. The summed E-state index contributed by atoms with van der Waals surface area (Å²) in [5.74, 6) is -0.228. The molecule has 1 aromatic carbocycles. The number of aromatic nitrogens is 2. The molecule has 0 atom stereocenters. The van der Waals surface area contributed by atoms with E-state index in [0.717, 1.165) is 43.0 Å². The van der Waals surface area contributed by atoms with Crippen molar-refractivity contribution in [2.24, 2.45) is 0 Å². The van der Waals surface area contributed by atoms with Crippen LogP contribution in [-0.2, 0) is 6.54 Å². The normalized spacial score (nSPS) is 11.2. The number of H-pyrrole nitrogens is 1. The molecule has 0 bridgehead atoms. The van der Waals surface area contributed by atoms with Crippen molar-refractivity contribution in [2.75, 3.05) is 26.7 Å². The first-order valence-electron chi connectivity index (χ1n) is 6.88. The van der Waals surface area contributed by atoms with E-state index in [1.54, 1.807) is 12.1 Å². The lowest BCUT2D eigenvalue weighted by Gasteiger charge is -2.16. The molecular formula is C15H21FN4. The van der Waals surface area contributed by atoms with Crippen molar-refractivity contribution in [3.63, 3.8) is 0 Å². The summed E-state index contributed by atoms with van der Waals surface area (Å²) in [4.78, 5) is 2.24. The summed E-state index contributed by atoms with van der Waals surface area (Å²) in [7, 11) is 2.08. The minimum absolute atomic E-state index is 0.228. The third-order valence-electron chi connectivity index (χ3n) is 3.20. The molecule has 0 aliphatic rings. The summed E-state index contributed by atoms with van der Waals surface area (Å²) in [5, 5.41) is 10.5. The van der Waals surface area contributed by atoms with Gasteiger partial charge in [0.15, 0.2) is 0 Å². The summed E-state index contributed by atoms with van der Waals surface area (Å²) >= 11 is 0. The molecule has 1 aromatic heterocycles. The average molecular weight is 276 g/mol. The number of halogens is 1. The summed E-state index contributed by atoms with van der Waals surface area (Å²) in [6, 6.07) is 6.44. The average Bonchev–Trinajstić information content (AvgIpc) is 2.88. The highest BCUT2D eigenvalue weighted by Crippen LogP contribution is 2.22. The maximum absolute atomic E-state index is 13.0. The van der Waals surface area contributed by atoms with E-state index in [4.69, 9.17) is 0 Å². The van der Waals surface area contributed by atoms with E-state index < -0.39 is 0 Å². The number of rotatable bonds is 7. The molecule has 20 heavy (non-hydrogen) atoms. The van der Waals surface area contributed by atoms with Crippen molar-refractivity contribution in [1.82, 2.24) is 20.4 Å². The minimum Gasteiger partial charge on any atom is -0.316 e. The topological polar surface area (TPSA) is 44.0 Å². The van der Waals surface area contributed by atoms with Gasteiger partial charge in [-0.3, -0.25) is 5.10 Å². The number of aromatic amines is 1. The standard InChI is InChI=1S/C15H21FN4/c1-3-17-8-9-20(2)11-13-10-18-19-15(13)12-4-6-14(16)7-5-12/h4-7,10,17H,3,8-9,11H2,1-2H3,(H,18,19). The molecule has 0 spiro atoms. The predicted octanol–water partition coefficient (Wildman–Crippen LogP) is 2.26. The van der Waals surface area contributed by atoms with Crippen LogP contribution in [0.3, 0.4) is 0 Å². The van der Waals surface area contributed by atoms with Gasteiger partial charge in [0, 0.05) is 37.0 Å². The Bertz CT molecular complexity index is 521. The molecule has 4 nitrogen and oxygen atoms in total. The highest BCUT2D eigenvalue weighted by atomic mass is 19.1. The van der Waals surface area contributed by atoms with Gasteiger partial charge in [0.2, 0.25) is 0 Å². The molecule has 0 amide bonds. The van der Waals surface area contributed by atoms with Crippen LogP contribution < -0.4 is 5.32 Å². The maximum Gasteiger partial charge on any atom is 0.123 e. The summed E-state index contributed by atoms with van der Waals surface area (Å²) in [5.41, 5.74) is 2.94. The zero-order valence-corrected chi connectivity index (χ0v) is 12.0.